The van der Waals surface area contributed by atoms with Gasteiger partial charge >= 0.3 is 0 Å². The summed E-state index contributed by atoms with van der Waals surface area (Å²) >= 11 is 0. The molecule has 66 valence electrons. The van der Waals surface area contributed by atoms with Crippen molar-refractivity contribution < 1.29 is 17.4 Å². The third kappa shape index (κ3) is 2.84. The number of allylic oxidation sites excluding steroid dienone is 4. The van der Waals surface area contributed by atoms with E-state index in [2.05, 4.69) is 23.2 Å². The number of rotatable bonds is 2. The molecule has 0 N–H and O–H groups in total. The molecule has 0 aliphatic heterocycles. The first kappa shape index (κ1) is 10.2. The molecule has 0 atom stereocenters. The third-order valence-corrected chi connectivity index (χ3v) is 1.86. The van der Waals surface area contributed by atoms with Gasteiger partial charge in [-0.3, -0.25) is 11.1 Å². The van der Waals surface area contributed by atoms with Crippen LogP contribution in [0.5, 0.6) is 0 Å². The van der Waals surface area contributed by atoms with E-state index in [-0.39, 0.29) is 17.4 Å². The van der Waals surface area contributed by atoms with Crippen molar-refractivity contribution in [3.8, 4) is 0 Å². The maximum atomic E-state index is 4.25. The molecular formula is C11H10CrN-. The van der Waals surface area contributed by atoms with Crippen LogP contribution in [-0.2, 0) is 23.8 Å². The van der Waals surface area contributed by atoms with E-state index >= 15 is 0 Å². The number of hydrogen-bond donors (Lipinski definition) is 0. The fraction of sp³-hybridized carbons (Fsp3) is 0.182. The van der Waals surface area contributed by atoms with E-state index in [4.69, 9.17) is 0 Å². The second-order valence-corrected chi connectivity index (χ2v) is 2.81. The summed E-state index contributed by atoms with van der Waals surface area (Å²) in [7, 11) is 0. The zero-order valence-corrected chi connectivity index (χ0v) is 8.51. The molecule has 0 bridgehead atoms. The van der Waals surface area contributed by atoms with Gasteiger partial charge in [0.2, 0.25) is 0 Å². The smallest absolute Gasteiger partial charge is 0.0417 e. The Labute approximate surface area is 89.3 Å². The van der Waals surface area contributed by atoms with Crippen LogP contribution < -0.4 is 0 Å². The minimum absolute atomic E-state index is 0. The average Bonchev–Trinajstić information content (AvgIpc) is 2.59. The SMILES string of the molecule is [C-]1=C(Cc2ccccn2)C=CC1.[Cr]. The van der Waals surface area contributed by atoms with E-state index in [0.29, 0.717) is 0 Å². The Kier molecular flexibility index (Phi) is 3.95. The second-order valence-electron chi connectivity index (χ2n) is 2.81. The minimum Gasteiger partial charge on any atom is -0.269 e. The molecule has 0 saturated heterocycles. The van der Waals surface area contributed by atoms with Crippen molar-refractivity contribution in [3.05, 3.63) is 53.9 Å². The predicted octanol–water partition coefficient (Wildman–Crippen LogP) is 2.31. The standard InChI is InChI=1S/C11H10N.Cr/c1-2-6-10(5-1)9-11-7-3-4-8-12-11;/h1,3-5,7-8H,2,9H2;/q-1;. The first-order valence-corrected chi connectivity index (χ1v) is 4.11. The molecule has 0 fully saturated rings. The summed E-state index contributed by atoms with van der Waals surface area (Å²) in [4.78, 5) is 4.25. The second kappa shape index (κ2) is 5.01. The normalized spacial score (nSPS) is 13.7. The van der Waals surface area contributed by atoms with Gasteiger partial charge in [0.15, 0.2) is 0 Å². The molecule has 2 heteroatoms. The Morgan fingerprint density at radius 2 is 2.31 bits per heavy atom. The molecule has 1 aromatic heterocycles. The van der Waals surface area contributed by atoms with Gasteiger partial charge in [-0.2, -0.15) is 6.08 Å². The molecular weight excluding hydrogens is 198 g/mol. The van der Waals surface area contributed by atoms with Gasteiger partial charge in [-0.15, -0.1) is 6.42 Å². The summed E-state index contributed by atoms with van der Waals surface area (Å²) in [6.07, 6.45) is 11.2. The maximum Gasteiger partial charge on any atom is 0.0417 e. The molecule has 0 unspecified atom stereocenters. The Hall–Kier alpha value is -0.838. The molecule has 1 heterocycles. The molecule has 13 heavy (non-hydrogen) atoms. The minimum atomic E-state index is 0. The van der Waals surface area contributed by atoms with Crippen LogP contribution in [0.15, 0.2) is 42.1 Å². The number of hydrogen-bond acceptors (Lipinski definition) is 1. The maximum absolute atomic E-state index is 4.25. The van der Waals surface area contributed by atoms with Crippen LogP contribution in [0.3, 0.4) is 0 Å². The van der Waals surface area contributed by atoms with E-state index in [1.165, 1.54) is 5.57 Å². The molecule has 0 aromatic carbocycles. The third-order valence-electron chi connectivity index (χ3n) is 1.86. The van der Waals surface area contributed by atoms with Crippen LogP contribution in [0.25, 0.3) is 0 Å². The van der Waals surface area contributed by atoms with Crippen molar-refractivity contribution >= 4 is 0 Å². The number of nitrogens with zero attached hydrogens (tertiary/aromatic N) is 1. The van der Waals surface area contributed by atoms with Gasteiger partial charge in [0.25, 0.3) is 0 Å². The summed E-state index contributed by atoms with van der Waals surface area (Å²) in [6.45, 7) is 0. The van der Waals surface area contributed by atoms with Crippen LogP contribution in [0.4, 0.5) is 0 Å². The zero-order valence-electron chi connectivity index (χ0n) is 7.23. The van der Waals surface area contributed by atoms with E-state index in [1.807, 2.05) is 24.4 Å². The van der Waals surface area contributed by atoms with E-state index in [1.54, 1.807) is 0 Å². The van der Waals surface area contributed by atoms with Gasteiger partial charge in [-0.25, -0.2) is 11.6 Å². The summed E-state index contributed by atoms with van der Waals surface area (Å²) in [5.74, 6) is 0. The Morgan fingerprint density at radius 1 is 1.38 bits per heavy atom. The van der Waals surface area contributed by atoms with E-state index in [9.17, 15) is 0 Å². The van der Waals surface area contributed by atoms with Crippen LogP contribution in [0.2, 0.25) is 0 Å². The summed E-state index contributed by atoms with van der Waals surface area (Å²) in [5.41, 5.74) is 2.38. The molecule has 0 radical (unpaired) electrons. The van der Waals surface area contributed by atoms with Crippen LogP contribution >= 0.6 is 0 Å². The van der Waals surface area contributed by atoms with Crippen molar-refractivity contribution in [2.75, 3.05) is 0 Å². The van der Waals surface area contributed by atoms with Crippen molar-refractivity contribution in [1.82, 2.24) is 4.98 Å². The topological polar surface area (TPSA) is 12.9 Å². The molecule has 2 rings (SSSR count). The fourth-order valence-corrected chi connectivity index (χ4v) is 1.27. The predicted molar refractivity (Wildman–Crippen MR) is 48.5 cm³/mol. The number of aromatic nitrogens is 1. The quantitative estimate of drug-likeness (QED) is 0.679. The van der Waals surface area contributed by atoms with Crippen molar-refractivity contribution in [1.29, 1.82) is 0 Å². The van der Waals surface area contributed by atoms with Gasteiger partial charge in [0.1, 0.15) is 0 Å². The van der Waals surface area contributed by atoms with E-state index in [0.717, 1.165) is 18.5 Å². The summed E-state index contributed by atoms with van der Waals surface area (Å²) < 4.78 is 0. The first-order valence-electron chi connectivity index (χ1n) is 4.11. The van der Waals surface area contributed by atoms with Gasteiger partial charge in [0, 0.05) is 29.3 Å². The Balaban J connectivity index is 0.000000845. The molecule has 1 nitrogen and oxygen atoms in total. The average molecular weight is 208 g/mol. The zero-order chi connectivity index (χ0) is 8.23. The fourth-order valence-electron chi connectivity index (χ4n) is 1.27. The molecule has 0 amide bonds. The van der Waals surface area contributed by atoms with Crippen LogP contribution in [0, 0.1) is 6.08 Å². The molecule has 1 aliphatic rings. The molecule has 0 saturated carbocycles. The molecule has 1 aromatic rings. The summed E-state index contributed by atoms with van der Waals surface area (Å²) in [6, 6.07) is 5.99. The van der Waals surface area contributed by atoms with Crippen LogP contribution in [0.1, 0.15) is 12.1 Å². The first-order chi connectivity index (χ1) is 5.95. The Morgan fingerprint density at radius 3 is 2.92 bits per heavy atom. The van der Waals surface area contributed by atoms with Crippen molar-refractivity contribution in [2.45, 2.75) is 12.8 Å². The molecule has 0 spiro atoms. The van der Waals surface area contributed by atoms with Crippen molar-refractivity contribution in [3.63, 3.8) is 0 Å². The summed E-state index contributed by atoms with van der Waals surface area (Å²) in [5, 5.41) is 0. The van der Waals surface area contributed by atoms with Crippen molar-refractivity contribution in [2.24, 2.45) is 0 Å². The van der Waals surface area contributed by atoms with E-state index < -0.39 is 0 Å². The van der Waals surface area contributed by atoms with Crippen LogP contribution in [-0.4, -0.2) is 4.98 Å². The monoisotopic (exact) mass is 208 g/mol. The Bertz CT molecular complexity index is 314. The van der Waals surface area contributed by atoms with Gasteiger partial charge < -0.3 is 0 Å². The van der Waals surface area contributed by atoms with Gasteiger partial charge in [-0.1, -0.05) is 6.07 Å². The largest absolute Gasteiger partial charge is 0.269 e. The molecule has 1 aliphatic carbocycles. The number of pyridine rings is 1. The van der Waals surface area contributed by atoms with Gasteiger partial charge in [0.05, 0.1) is 0 Å². The van der Waals surface area contributed by atoms with Gasteiger partial charge in [-0.05, 0) is 18.6 Å².